The van der Waals surface area contributed by atoms with Gasteiger partial charge in [-0.25, -0.2) is 9.78 Å². The van der Waals surface area contributed by atoms with Crippen LogP contribution in [0, 0.1) is 0 Å². The zero-order chi connectivity index (χ0) is 13.7. The molecule has 0 spiro atoms. The van der Waals surface area contributed by atoms with Gasteiger partial charge in [0.15, 0.2) is 5.69 Å². The summed E-state index contributed by atoms with van der Waals surface area (Å²) in [6.45, 7) is 7.87. The van der Waals surface area contributed by atoms with Gasteiger partial charge in [-0.05, 0) is 27.8 Å². The van der Waals surface area contributed by atoms with Crippen LogP contribution in [0.15, 0.2) is 6.33 Å². The third-order valence-corrected chi connectivity index (χ3v) is 2.92. The Balaban J connectivity index is 2.66. The minimum atomic E-state index is -0.467. The second-order valence-electron chi connectivity index (χ2n) is 4.47. The van der Waals surface area contributed by atoms with Crippen LogP contribution >= 0.6 is 0 Å². The molecule has 0 saturated heterocycles. The number of hydrogen-bond acceptors (Lipinski definition) is 5. The third kappa shape index (κ3) is 3.46. The standard InChI is InChI=1S/C12H22N4O2/c1-5-18-12(17)10-11(13)16(8-14-10)7-6-15(4)9(2)3/h8-9H,5-7,13H2,1-4H3. The summed E-state index contributed by atoms with van der Waals surface area (Å²) in [5, 5.41) is 0. The van der Waals surface area contributed by atoms with Gasteiger partial charge in [-0.3, -0.25) is 0 Å². The number of carbonyl (C=O) groups excluding carboxylic acids is 1. The lowest BCUT2D eigenvalue weighted by molar-refractivity contribution is 0.0521. The quantitative estimate of drug-likeness (QED) is 0.766. The van der Waals surface area contributed by atoms with Gasteiger partial charge in [0, 0.05) is 19.1 Å². The second-order valence-corrected chi connectivity index (χ2v) is 4.47. The van der Waals surface area contributed by atoms with E-state index in [4.69, 9.17) is 10.5 Å². The molecule has 0 aromatic carbocycles. The van der Waals surface area contributed by atoms with Gasteiger partial charge in [-0.1, -0.05) is 0 Å². The molecule has 0 bridgehead atoms. The summed E-state index contributed by atoms with van der Waals surface area (Å²) in [4.78, 5) is 17.7. The highest BCUT2D eigenvalue weighted by atomic mass is 16.5. The van der Waals surface area contributed by atoms with Crippen LogP contribution in [0.5, 0.6) is 0 Å². The van der Waals surface area contributed by atoms with Crippen molar-refractivity contribution in [2.45, 2.75) is 33.4 Å². The highest BCUT2D eigenvalue weighted by Gasteiger charge is 2.16. The summed E-state index contributed by atoms with van der Waals surface area (Å²) in [6, 6.07) is 0.472. The summed E-state index contributed by atoms with van der Waals surface area (Å²) in [5.74, 6) is -0.100. The molecule has 0 radical (unpaired) electrons. The molecule has 6 nitrogen and oxygen atoms in total. The Kier molecular flexibility index (Phi) is 5.15. The molecular weight excluding hydrogens is 232 g/mol. The fourth-order valence-corrected chi connectivity index (χ4v) is 1.45. The van der Waals surface area contributed by atoms with E-state index in [1.54, 1.807) is 17.8 Å². The molecule has 0 saturated carbocycles. The predicted molar refractivity (Wildman–Crippen MR) is 70.4 cm³/mol. The van der Waals surface area contributed by atoms with Gasteiger partial charge < -0.3 is 19.9 Å². The zero-order valence-corrected chi connectivity index (χ0v) is 11.5. The van der Waals surface area contributed by atoms with E-state index in [2.05, 4.69) is 23.7 Å². The number of nitrogens with zero attached hydrogens (tertiary/aromatic N) is 3. The number of rotatable bonds is 6. The number of nitrogens with two attached hydrogens (primary N) is 1. The number of imidazole rings is 1. The van der Waals surface area contributed by atoms with Gasteiger partial charge in [0.25, 0.3) is 0 Å². The summed E-state index contributed by atoms with van der Waals surface area (Å²) in [6.07, 6.45) is 1.58. The first-order chi connectivity index (χ1) is 8.47. The minimum Gasteiger partial charge on any atom is -0.461 e. The number of aromatic nitrogens is 2. The minimum absolute atomic E-state index is 0.198. The van der Waals surface area contributed by atoms with E-state index in [0.29, 0.717) is 25.0 Å². The number of nitrogen functional groups attached to an aromatic ring is 1. The number of anilines is 1. The van der Waals surface area contributed by atoms with Crippen molar-refractivity contribution in [1.29, 1.82) is 0 Å². The van der Waals surface area contributed by atoms with E-state index in [0.717, 1.165) is 6.54 Å². The maximum atomic E-state index is 11.5. The van der Waals surface area contributed by atoms with Crippen LogP contribution in [0.3, 0.4) is 0 Å². The van der Waals surface area contributed by atoms with Crippen molar-refractivity contribution in [3.05, 3.63) is 12.0 Å². The number of esters is 1. The van der Waals surface area contributed by atoms with Crippen molar-refractivity contribution in [1.82, 2.24) is 14.5 Å². The van der Waals surface area contributed by atoms with Crippen molar-refractivity contribution in [2.75, 3.05) is 25.9 Å². The molecule has 1 aromatic rings. The molecule has 2 N–H and O–H groups in total. The smallest absolute Gasteiger partial charge is 0.360 e. The van der Waals surface area contributed by atoms with Crippen LogP contribution in [0.4, 0.5) is 5.82 Å². The maximum absolute atomic E-state index is 11.5. The summed E-state index contributed by atoms with van der Waals surface area (Å²) in [7, 11) is 2.05. The fourth-order valence-electron chi connectivity index (χ4n) is 1.45. The molecule has 102 valence electrons. The van der Waals surface area contributed by atoms with Gasteiger partial charge in [0.1, 0.15) is 5.82 Å². The molecule has 0 amide bonds. The Bertz CT molecular complexity index is 401. The average Bonchev–Trinajstić information content (AvgIpc) is 2.67. The lowest BCUT2D eigenvalue weighted by atomic mass is 10.3. The zero-order valence-electron chi connectivity index (χ0n) is 11.5. The van der Waals surface area contributed by atoms with Gasteiger partial charge in [-0.2, -0.15) is 0 Å². The van der Waals surface area contributed by atoms with E-state index in [1.165, 1.54) is 0 Å². The van der Waals surface area contributed by atoms with Crippen molar-refractivity contribution >= 4 is 11.8 Å². The highest BCUT2D eigenvalue weighted by Crippen LogP contribution is 2.11. The Labute approximate surface area is 108 Å². The highest BCUT2D eigenvalue weighted by molar-refractivity contribution is 5.92. The molecule has 0 atom stereocenters. The number of likely N-dealkylation sites (N-methyl/N-ethyl adjacent to an activating group) is 1. The Hall–Kier alpha value is -1.56. The normalized spacial score (nSPS) is 11.2. The van der Waals surface area contributed by atoms with Crippen molar-refractivity contribution < 1.29 is 9.53 Å². The second kappa shape index (κ2) is 6.39. The van der Waals surface area contributed by atoms with Crippen LogP contribution < -0.4 is 5.73 Å². The number of hydrogen-bond donors (Lipinski definition) is 1. The van der Waals surface area contributed by atoms with Crippen LogP contribution in [-0.2, 0) is 11.3 Å². The van der Waals surface area contributed by atoms with Crippen molar-refractivity contribution in [3.8, 4) is 0 Å². The van der Waals surface area contributed by atoms with E-state index < -0.39 is 5.97 Å². The van der Waals surface area contributed by atoms with E-state index in [-0.39, 0.29) is 5.69 Å². The largest absolute Gasteiger partial charge is 0.461 e. The van der Waals surface area contributed by atoms with Crippen LogP contribution in [-0.4, -0.2) is 46.7 Å². The Morgan fingerprint density at radius 3 is 2.83 bits per heavy atom. The molecule has 6 heteroatoms. The van der Waals surface area contributed by atoms with Gasteiger partial charge >= 0.3 is 5.97 Å². The molecule has 1 heterocycles. The molecule has 1 rings (SSSR count). The van der Waals surface area contributed by atoms with E-state index in [9.17, 15) is 4.79 Å². The first kappa shape index (κ1) is 14.5. The molecule has 1 aromatic heterocycles. The van der Waals surface area contributed by atoms with Gasteiger partial charge in [-0.15, -0.1) is 0 Å². The number of carbonyl (C=O) groups is 1. The van der Waals surface area contributed by atoms with E-state index in [1.807, 2.05) is 7.05 Å². The average molecular weight is 254 g/mol. The van der Waals surface area contributed by atoms with Crippen molar-refractivity contribution in [3.63, 3.8) is 0 Å². The van der Waals surface area contributed by atoms with Crippen LogP contribution in [0.1, 0.15) is 31.3 Å². The summed E-state index contributed by atoms with van der Waals surface area (Å²) in [5.41, 5.74) is 6.08. The van der Waals surface area contributed by atoms with E-state index >= 15 is 0 Å². The monoisotopic (exact) mass is 254 g/mol. The fraction of sp³-hybridized carbons (Fsp3) is 0.667. The maximum Gasteiger partial charge on any atom is 0.360 e. The summed E-state index contributed by atoms with van der Waals surface area (Å²) < 4.78 is 6.65. The first-order valence-corrected chi connectivity index (χ1v) is 6.15. The van der Waals surface area contributed by atoms with Crippen LogP contribution in [0.25, 0.3) is 0 Å². The number of ether oxygens (including phenoxy) is 1. The molecule has 18 heavy (non-hydrogen) atoms. The first-order valence-electron chi connectivity index (χ1n) is 6.15. The van der Waals surface area contributed by atoms with Crippen molar-refractivity contribution in [2.24, 2.45) is 0 Å². The van der Waals surface area contributed by atoms with Gasteiger partial charge in [0.2, 0.25) is 0 Å². The molecule has 0 aliphatic carbocycles. The lowest BCUT2D eigenvalue weighted by Gasteiger charge is -2.21. The SMILES string of the molecule is CCOC(=O)c1ncn(CCN(C)C(C)C)c1N. The van der Waals surface area contributed by atoms with Gasteiger partial charge in [0.05, 0.1) is 12.9 Å². The lowest BCUT2D eigenvalue weighted by Crippen LogP contribution is -2.29. The predicted octanol–water partition coefficient (Wildman–Crippen LogP) is 0.982. The summed E-state index contributed by atoms with van der Waals surface area (Å²) >= 11 is 0. The Morgan fingerprint density at radius 2 is 2.28 bits per heavy atom. The molecule has 0 fully saturated rings. The molecule has 0 aliphatic rings. The molecular formula is C12H22N4O2. The van der Waals surface area contributed by atoms with Crippen LogP contribution in [0.2, 0.25) is 0 Å². The molecule has 0 aliphatic heterocycles. The molecule has 0 unspecified atom stereocenters. The topological polar surface area (TPSA) is 73.4 Å². The Morgan fingerprint density at radius 1 is 1.61 bits per heavy atom. The third-order valence-electron chi connectivity index (χ3n) is 2.92.